The van der Waals surface area contributed by atoms with Crippen LogP contribution in [-0.2, 0) is 0 Å². The van der Waals surface area contributed by atoms with Crippen LogP contribution in [0.2, 0.25) is 5.02 Å². The molecule has 14 heavy (non-hydrogen) atoms. The molecule has 0 saturated heterocycles. The molecular weight excluding hydrogens is 196 g/mol. The van der Waals surface area contributed by atoms with Crippen LogP contribution in [0.25, 0.3) is 0 Å². The zero-order valence-corrected chi connectivity index (χ0v) is 8.85. The minimum absolute atomic E-state index is 0.605. The SMILES string of the molecule is NCCC1CCNc2cc(Cl)ccc21. The zero-order valence-electron chi connectivity index (χ0n) is 8.09. The Morgan fingerprint density at radius 3 is 3.14 bits per heavy atom. The minimum Gasteiger partial charge on any atom is -0.385 e. The summed E-state index contributed by atoms with van der Waals surface area (Å²) in [6, 6.07) is 6.07. The van der Waals surface area contributed by atoms with Crippen LogP contribution in [0.15, 0.2) is 18.2 Å². The van der Waals surface area contributed by atoms with Crippen molar-refractivity contribution in [3.8, 4) is 0 Å². The monoisotopic (exact) mass is 210 g/mol. The van der Waals surface area contributed by atoms with Gasteiger partial charge in [-0.1, -0.05) is 17.7 Å². The molecule has 76 valence electrons. The Hall–Kier alpha value is -0.730. The number of hydrogen-bond donors (Lipinski definition) is 2. The van der Waals surface area contributed by atoms with Crippen molar-refractivity contribution in [2.45, 2.75) is 18.8 Å². The van der Waals surface area contributed by atoms with Gasteiger partial charge in [-0.15, -0.1) is 0 Å². The van der Waals surface area contributed by atoms with Crippen LogP contribution >= 0.6 is 11.6 Å². The molecule has 1 aromatic rings. The van der Waals surface area contributed by atoms with Crippen molar-refractivity contribution >= 4 is 17.3 Å². The van der Waals surface area contributed by atoms with Crippen LogP contribution < -0.4 is 11.1 Å². The van der Waals surface area contributed by atoms with Gasteiger partial charge in [0, 0.05) is 17.3 Å². The lowest BCUT2D eigenvalue weighted by atomic mass is 9.88. The Balaban J connectivity index is 2.30. The Kier molecular flexibility index (Phi) is 2.94. The number of rotatable bonds is 2. The Morgan fingerprint density at radius 1 is 1.50 bits per heavy atom. The van der Waals surface area contributed by atoms with Crippen LogP contribution in [-0.4, -0.2) is 13.1 Å². The first kappa shape index (κ1) is 9.81. The lowest BCUT2D eigenvalue weighted by molar-refractivity contribution is 0.586. The quantitative estimate of drug-likeness (QED) is 0.788. The van der Waals surface area contributed by atoms with E-state index in [1.54, 1.807) is 0 Å². The summed E-state index contributed by atoms with van der Waals surface area (Å²) in [7, 11) is 0. The third kappa shape index (κ3) is 1.86. The Bertz CT molecular complexity index is 325. The van der Waals surface area contributed by atoms with E-state index in [1.807, 2.05) is 12.1 Å². The summed E-state index contributed by atoms with van der Waals surface area (Å²) in [6.45, 7) is 1.78. The molecule has 0 saturated carbocycles. The van der Waals surface area contributed by atoms with Gasteiger partial charge in [0.15, 0.2) is 0 Å². The fraction of sp³-hybridized carbons (Fsp3) is 0.455. The molecule has 0 radical (unpaired) electrons. The molecule has 2 rings (SSSR count). The molecule has 1 aliphatic rings. The second-order valence-electron chi connectivity index (χ2n) is 3.72. The average Bonchev–Trinajstić information content (AvgIpc) is 2.18. The first-order valence-corrected chi connectivity index (χ1v) is 5.42. The molecule has 0 amide bonds. The van der Waals surface area contributed by atoms with Gasteiger partial charge in [0.2, 0.25) is 0 Å². The molecule has 0 bridgehead atoms. The van der Waals surface area contributed by atoms with Crippen molar-refractivity contribution in [1.82, 2.24) is 0 Å². The first-order valence-electron chi connectivity index (χ1n) is 5.04. The third-order valence-electron chi connectivity index (χ3n) is 2.78. The Morgan fingerprint density at radius 2 is 2.36 bits per heavy atom. The highest BCUT2D eigenvalue weighted by molar-refractivity contribution is 6.30. The zero-order chi connectivity index (χ0) is 9.97. The van der Waals surface area contributed by atoms with Crippen LogP contribution in [0.3, 0.4) is 0 Å². The summed E-state index contributed by atoms with van der Waals surface area (Å²) in [4.78, 5) is 0. The lowest BCUT2D eigenvalue weighted by Gasteiger charge is -2.26. The maximum atomic E-state index is 5.94. The molecule has 0 aromatic heterocycles. The van der Waals surface area contributed by atoms with E-state index in [2.05, 4.69) is 11.4 Å². The summed E-state index contributed by atoms with van der Waals surface area (Å²) in [5.74, 6) is 0.605. The van der Waals surface area contributed by atoms with E-state index in [1.165, 1.54) is 17.7 Å². The number of benzene rings is 1. The summed E-state index contributed by atoms with van der Waals surface area (Å²) in [6.07, 6.45) is 2.24. The fourth-order valence-electron chi connectivity index (χ4n) is 2.08. The van der Waals surface area contributed by atoms with E-state index >= 15 is 0 Å². The van der Waals surface area contributed by atoms with Crippen molar-refractivity contribution in [1.29, 1.82) is 0 Å². The molecule has 0 fully saturated rings. The first-order chi connectivity index (χ1) is 6.81. The van der Waals surface area contributed by atoms with Gasteiger partial charge in [-0.3, -0.25) is 0 Å². The van der Waals surface area contributed by atoms with Crippen LogP contribution in [0.4, 0.5) is 5.69 Å². The number of nitrogens with two attached hydrogens (primary N) is 1. The average molecular weight is 211 g/mol. The summed E-state index contributed by atoms with van der Waals surface area (Å²) in [5.41, 5.74) is 8.15. The van der Waals surface area contributed by atoms with E-state index in [0.717, 1.165) is 24.5 Å². The van der Waals surface area contributed by atoms with Crippen molar-refractivity contribution in [3.63, 3.8) is 0 Å². The Labute approximate surface area is 89.4 Å². The highest BCUT2D eigenvalue weighted by Gasteiger charge is 2.18. The molecule has 1 atom stereocenters. The van der Waals surface area contributed by atoms with Gasteiger partial charge in [0.05, 0.1) is 0 Å². The highest BCUT2D eigenvalue weighted by Crippen LogP contribution is 2.34. The molecule has 0 spiro atoms. The molecule has 1 heterocycles. The van der Waals surface area contributed by atoms with Gasteiger partial charge < -0.3 is 11.1 Å². The van der Waals surface area contributed by atoms with Gasteiger partial charge in [0.1, 0.15) is 0 Å². The summed E-state index contributed by atoms with van der Waals surface area (Å²) >= 11 is 5.94. The minimum atomic E-state index is 0.605. The van der Waals surface area contributed by atoms with E-state index in [0.29, 0.717) is 5.92 Å². The van der Waals surface area contributed by atoms with Gasteiger partial charge in [0.25, 0.3) is 0 Å². The smallest absolute Gasteiger partial charge is 0.0426 e. The van der Waals surface area contributed by atoms with Crippen LogP contribution in [0.1, 0.15) is 24.3 Å². The second kappa shape index (κ2) is 4.20. The number of hydrogen-bond acceptors (Lipinski definition) is 2. The fourth-order valence-corrected chi connectivity index (χ4v) is 2.25. The summed E-state index contributed by atoms with van der Waals surface area (Å²) < 4.78 is 0. The van der Waals surface area contributed by atoms with Crippen LogP contribution in [0.5, 0.6) is 0 Å². The van der Waals surface area contributed by atoms with Gasteiger partial charge in [-0.05, 0) is 43.0 Å². The topological polar surface area (TPSA) is 38.0 Å². The molecule has 1 aromatic carbocycles. The number of fused-ring (bicyclic) bond motifs is 1. The van der Waals surface area contributed by atoms with Crippen molar-refractivity contribution in [2.24, 2.45) is 5.73 Å². The maximum absolute atomic E-state index is 5.94. The maximum Gasteiger partial charge on any atom is 0.0426 e. The van der Waals surface area contributed by atoms with E-state index in [-0.39, 0.29) is 0 Å². The van der Waals surface area contributed by atoms with E-state index in [9.17, 15) is 0 Å². The van der Waals surface area contributed by atoms with Gasteiger partial charge >= 0.3 is 0 Å². The molecule has 0 aliphatic carbocycles. The van der Waals surface area contributed by atoms with Gasteiger partial charge in [-0.2, -0.15) is 0 Å². The molecule has 1 aliphatic heterocycles. The molecular formula is C11H15ClN2. The number of anilines is 1. The highest BCUT2D eigenvalue weighted by atomic mass is 35.5. The standard InChI is InChI=1S/C11H15ClN2/c12-9-1-2-10-8(3-5-13)4-6-14-11(10)7-9/h1-2,7-8,14H,3-6,13H2. The van der Waals surface area contributed by atoms with Gasteiger partial charge in [-0.25, -0.2) is 0 Å². The predicted octanol–water partition coefficient (Wildman–Crippen LogP) is 2.59. The predicted molar refractivity (Wildman–Crippen MR) is 61.0 cm³/mol. The van der Waals surface area contributed by atoms with Crippen molar-refractivity contribution in [3.05, 3.63) is 28.8 Å². The van der Waals surface area contributed by atoms with E-state index in [4.69, 9.17) is 17.3 Å². The second-order valence-corrected chi connectivity index (χ2v) is 4.16. The lowest BCUT2D eigenvalue weighted by Crippen LogP contribution is -2.19. The van der Waals surface area contributed by atoms with E-state index < -0.39 is 0 Å². The normalized spacial score (nSPS) is 20.0. The number of halogens is 1. The van der Waals surface area contributed by atoms with Crippen molar-refractivity contribution < 1.29 is 0 Å². The molecule has 3 heteroatoms. The third-order valence-corrected chi connectivity index (χ3v) is 3.01. The molecule has 3 N–H and O–H groups in total. The molecule has 1 unspecified atom stereocenters. The van der Waals surface area contributed by atoms with Crippen LogP contribution in [0, 0.1) is 0 Å². The largest absolute Gasteiger partial charge is 0.385 e. The summed E-state index contributed by atoms with van der Waals surface area (Å²) in [5, 5.41) is 4.16. The molecule has 2 nitrogen and oxygen atoms in total. The number of nitrogens with one attached hydrogen (secondary N) is 1. The van der Waals surface area contributed by atoms with Crippen molar-refractivity contribution in [2.75, 3.05) is 18.4 Å².